The van der Waals surface area contributed by atoms with E-state index in [1.807, 2.05) is 6.08 Å². The van der Waals surface area contributed by atoms with Crippen molar-refractivity contribution in [2.75, 3.05) is 6.61 Å². The zero-order valence-electron chi connectivity index (χ0n) is 36.3. The smallest absolute Gasteiger partial charge is 0.249 e. The molecule has 0 aliphatic heterocycles. The molecule has 1 amide bonds. The van der Waals surface area contributed by atoms with Crippen molar-refractivity contribution in [3.8, 4) is 0 Å². The summed E-state index contributed by atoms with van der Waals surface area (Å²) < 4.78 is 0. The molecule has 5 heteroatoms. The van der Waals surface area contributed by atoms with Crippen LogP contribution in [0, 0.1) is 0 Å². The number of allylic oxidation sites excluding steroid dienone is 9. The Morgan fingerprint density at radius 2 is 0.800 bits per heavy atom. The molecule has 0 bridgehead atoms. The van der Waals surface area contributed by atoms with Gasteiger partial charge in [-0.15, -0.1) is 0 Å². The van der Waals surface area contributed by atoms with Gasteiger partial charge in [0.05, 0.1) is 18.8 Å². The molecule has 55 heavy (non-hydrogen) atoms. The van der Waals surface area contributed by atoms with E-state index in [-0.39, 0.29) is 6.61 Å². The predicted octanol–water partition coefficient (Wildman–Crippen LogP) is 13.9. The number of amides is 1. The molecule has 3 atom stereocenters. The van der Waals surface area contributed by atoms with Gasteiger partial charge in [-0.3, -0.25) is 4.79 Å². The molecule has 5 nitrogen and oxygen atoms in total. The topological polar surface area (TPSA) is 89.8 Å². The molecule has 4 N–H and O–H groups in total. The Bertz CT molecular complexity index is 938. The molecular formula is C50H91NO4. The largest absolute Gasteiger partial charge is 0.394 e. The summed E-state index contributed by atoms with van der Waals surface area (Å²) in [6.07, 6.45) is 59.8. The Labute approximate surface area is 341 Å². The Hall–Kier alpha value is -1.95. The Kier molecular flexibility index (Phi) is 43.2. The van der Waals surface area contributed by atoms with E-state index in [1.54, 1.807) is 6.08 Å². The van der Waals surface area contributed by atoms with Gasteiger partial charge in [0, 0.05) is 0 Å². The lowest BCUT2D eigenvalue weighted by molar-refractivity contribution is -0.131. The average molecular weight is 770 g/mol. The maximum absolute atomic E-state index is 12.5. The zero-order valence-corrected chi connectivity index (χ0v) is 36.3. The van der Waals surface area contributed by atoms with Crippen LogP contribution >= 0.6 is 0 Å². The van der Waals surface area contributed by atoms with Gasteiger partial charge in [-0.2, -0.15) is 0 Å². The fourth-order valence-electron chi connectivity index (χ4n) is 6.83. The molecular weight excluding hydrogens is 679 g/mol. The number of carbonyl (C=O) groups excluding carboxylic acids is 1. The monoisotopic (exact) mass is 770 g/mol. The summed E-state index contributed by atoms with van der Waals surface area (Å²) in [7, 11) is 0. The highest BCUT2D eigenvalue weighted by molar-refractivity contribution is 5.80. The second-order valence-corrected chi connectivity index (χ2v) is 15.9. The number of nitrogens with one attached hydrogen (secondary N) is 1. The zero-order chi connectivity index (χ0) is 40.1. The summed E-state index contributed by atoms with van der Waals surface area (Å²) in [5.74, 6) is -0.521. The first-order valence-corrected chi connectivity index (χ1v) is 23.6. The van der Waals surface area contributed by atoms with Crippen LogP contribution in [0.15, 0.2) is 60.8 Å². The second kappa shape index (κ2) is 44.8. The van der Waals surface area contributed by atoms with Crippen LogP contribution < -0.4 is 5.32 Å². The molecule has 0 saturated heterocycles. The highest BCUT2D eigenvalue weighted by Crippen LogP contribution is 2.14. The highest BCUT2D eigenvalue weighted by atomic mass is 16.3. The molecule has 0 fully saturated rings. The summed E-state index contributed by atoms with van der Waals surface area (Å²) in [5, 5.41) is 33.1. The number of carbonyl (C=O) groups is 1. The van der Waals surface area contributed by atoms with Crippen molar-refractivity contribution >= 4 is 5.91 Å². The van der Waals surface area contributed by atoms with E-state index < -0.39 is 24.2 Å². The van der Waals surface area contributed by atoms with Crippen LogP contribution in [-0.2, 0) is 4.79 Å². The lowest BCUT2D eigenvalue weighted by atomic mass is 10.0. The van der Waals surface area contributed by atoms with E-state index in [0.717, 1.165) is 51.4 Å². The fraction of sp³-hybridized carbons (Fsp3) is 0.780. The van der Waals surface area contributed by atoms with Crippen LogP contribution in [-0.4, -0.2) is 46.1 Å². The summed E-state index contributed by atoms with van der Waals surface area (Å²) in [5.41, 5.74) is 0. The van der Waals surface area contributed by atoms with Gasteiger partial charge in [0.15, 0.2) is 0 Å². The fourth-order valence-corrected chi connectivity index (χ4v) is 6.83. The molecule has 0 aromatic carbocycles. The Morgan fingerprint density at radius 3 is 1.22 bits per heavy atom. The highest BCUT2D eigenvalue weighted by Gasteiger charge is 2.22. The van der Waals surface area contributed by atoms with Crippen molar-refractivity contribution in [2.24, 2.45) is 0 Å². The Balaban J connectivity index is 3.69. The van der Waals surface area contributed by atoms with Crippen LogP contribution in [0.4, 0.5) is 0 Å². The summed E-state index contributed by atoms with van der Waals surface area (Å²) in [6.45, 7) is 4.15. The van der Waals surface area contributed by atoms with Crippen molar-refractivity contribution in [3.05, 3.63) is 60.8 Å². The minimum absolute atomic E-state index is 0.384. The normalized spacial score (nSPS) is 14.1. The van der Waals surface area contributed by atoms with E-state index in [1.165, 1.54) is 154 Å². The lowest BCUT2D eigenvalue weighted by Gasteiger charge is -2.21. The third-order valence-corrected chi connectivity index (χ3v) is 10.6. The number of hydrogen-bond donors (Lipinski definition) is 4. The van der Waals surface area contributed by atoms with Gasteiger partial charge in [-0.05, 0) is 77.0 Å². The minimum Gasteiger partial charge on any atom is -0.394 e. The first-order chi connectivity index (χ1) is 27.1. The second-order valence-electron chi connectivity index (χ2n) is 15.9. The van der Waals surface area contributed by atoms with E-state index in [9.17, 15) is 20.1 Å². The molecule has 0 aromatic rings. The summed E-state index contributed by atoms with van der Waals surface area (Å²) in [4.78, 5) is 12.5. The number of aliphatic hydroxyl groups excluding tert-OH is 3. The maximum Gasteiger partial charge on any atom is 0.249 e. The molecule has 0 aliphatic carbocycles. The molecule has 0 spiro atoms. The molecule has 0 saturated carbocycles. The number of aliphatic hydroxyl groups is 3. The van der Waals surface area contributed by atoms with Gasteiger partial charge < -0.3 is 20.6 Å². The first kappa shape index (κ1) is 53.0. The summed E-state index contributed by atoms with van der Waals surface area (Å²) in [6, 6.07) is -0.824. The van der Waals surface area contributed by atoms with Crippen LogP contribution in [0.1, 0.15) is 226 Å². The molecule has 3 unspecified atom stereocenters. The third kappa shape index (κ3) is 40.1. The van der Waals surface area contributed by atoms with Crippen molar-refractivity contribution in [1.82, 2.24) is 5.32 Å². The number of unbranched alkanes of at least 4 members (excludes halogenated alkanes) is 26. The molecule has 0 heterocycles. The maximum atomic E-state index is 12.5. The Morgan fingerprint density at radius 1 is 0.455 bits per heavy atom. The minimum atomic E-state index is -1.11. The molecule has 320 valence electrons. The quantitative estimate of drug-likeness (QED) is 0.0368. The number of rotatable bonds is 42. The van der Waals surface area contributed by atoms with Gasteiger partial charge in [0.2, 0.25) is 5.91 Å². The molecule has 0 radical (unpaired) electrons. The number of hydrogen-bond acceptors (Lipinski definition) is 4. The average Bonchev–Trinajstić information content (AvgIpc) is 3.19. The van der Waals surface area contributed by atoms with E-state index in [0.29, 0.717) is 6.42 Å². The van der Waals surface area contributed by atoms with Crippen molar-refractivity contribution in [2.45, 2.75) is 244 Å². The predicted molar refractivity (Wildman–Crippen MR) is 240 cm³/mol. The third-order valence-electron chi connectivity index (χ3n) is 10.6. The van der Waals surface area contributed by atoms with Gasteiger partial charge in [0.25, 0.3) is 0 Å². The van der Waals surface area contributed by atoms with Crippen molar-refractivity contribution < 1.29 is 20.1 Å². The van der Waals surface area contributed by atoms with Gasteiger partial charge >= 0.3 is 0 Å². The van der Waals surface area contributed by atoms with Crippen LogP contribution in [0.5, 0.6) is 0 Å². The van der Waals surface area contributed by atoms with E-state index in [2.05, 4.69) is 67.8 Å². The van der Waals surface area contributed by atoms with Gasteiger partial charge in [-0.25, -0.2) is 0 Å². The van der Waals surface area contributed by atoms with Crippen molar-refractivity contribution in [1.29, 1.82) is 0 Å². The van der Waals surface area contributed by atoms with Gasteiger partial charge in [0.1, 0.15) is 6.10 Å². The van der Waals surface area contributed by atoms with E-state index >= 15 is 0 Å². The molecule has 0 aromatic heterocycles. The van der Waals surface area contributed by atoms with Crippen LogP contribution in [0.25, 0.3) is 0 Å². The molecule has 0 rings (SSSR count). The van der Waals surface area contributed by atoms with Crippen LogP contribution in [0.2, 0.25) is 0 Å². The molecule has 0 aliphatic rings. The van der Waals surface area contributed by atoms with Crippen molar-refractivity contribution in [3.63, 3.8) is 0 Å². The standard InChI is InChI=1S/C50H91NO4/c1-3-5-7-9-11-13-15-17-19-20-21-22-23-24-25-26-27-28-29-31-33-35-37-39-41-43-45-49(54)50(55)51-47(46-52)48(53)44-42-40-38-36-34-32-30-18-16-14-12-10-8-6-4-2/h16,18,21-22,24-25,34,36,42,44,47-49,52-54H,3-15,17,19-20,23,26-33,35,37-41,43,45-46H2,1-2H3,(H,51,55)/b18-16+,22-21-,25-24-,36-34+,44-42+. The summed E-state index contributed by atoms with van der Waals surface area (Å²) >= 11 is 0. The lowest BCUT2D eigenvalue weighted by Crippen LogP contribution is -2.48. The van der Waals surface area contributed by atoms with E-state index in [4.69, 9.17) is 0 Å². The van der Waals surface area contributed by atoms with Crippen LogP contribution in [0.3, 0.4) is 0 Å². The first-order valence-electron chi connectivity index (χ1n) is 23.6. The van der Waals surface area contributed by atoms with Gasteiger partial charge in [-0.1, -0.05) is 209 Å². The SMILES string of the molecule is CCCCCCC/C=C/CC/C=C/CC/C=C/C(O)C(CO)NC(=O)C(O)CCCCCCCCCCCC/C=C\C/C=C\CCCCCCCCCCC.